The van der Waals surface area contributed by atoms with Crippen molar-refractivity contribution in [3.63, 3.8) is 0 Å². The molecule has 4 nitrogen and oxygen atoms in total. The van der Waals surface area contributed by atoms with Crippen LogP contribution in [0.2, 0.25) is 0 Å². The van der Waals surface area contributed by atoms with Crippen LogP contribution >= 0.6 is 0 Å². The molecule has 0 saturated heterocycles. The normalized spacial score (nSPS) is 11.6. The molecule has 11 aromatic rings. The third-order valence-corrected chi connectivity index (χ3v) is 10.9. The van der Waals surface area contributed by atoms with Crippen LogP contribution in [0.3, 0.4) is 0 Å². The fourth-order valence-electron chi connectivity index (χ4n) is 8.29. The fourth-order valence-corrected chi connectivity index (χ4v) is 8.29. The SMILES string of the molecule is c1ccc(-c2cc(-c3ccccc3)nc(-n3c4ccccc4c4cc(-c5ccccc5-c5ccccc5-c5cccc6c5oc5ccccc56)ccc43)n2)cc1. The predicted molar refractivity (Wildman–Crippen MR) is 231 cm³/mol. The minimum absolute atomic E-state index is 0.637. The first kappa shape index (κ1) is 31.9. The zero-order chi connectivity index (χ0) is 37.0. The molecule has 0 N–H and O–H groups in total. The minimum Gasteiger partial charge on any atom is -0.455 e. The van der Waals surface area contributed by atoms with E-state index in [-0.39, 0.29) is 0 Å². The van der Waals surface area contributed by atoms with Crippen molar-refractivity contribution < 1.29 is 4.42 Å². The molecule has 0 aliphatic rings. The Hall–Kier alpha value is -7.56. The second-order valence-corrected chi connectivity index (χ2v) is 14.1. The van der Waals surface area contributed by atoms with Crippen molar-refractivity contribution in [2.75, 3.05) is 0 Å². The number of hydrogen-bond acceptors (Lipinski definition) is 3. The van der Waals surface area contributed by atoms with E-state index in [1.807, 2.05) is 24.3 Å². The number of fused-ring (bicyclic) bond motifs is 6. The van der Waals surface area contributed by atoms with Crippen LogP contribution in [0.4, 0.5) is 0 Å². The molecule has 0 radical (unpaired) electrons. The fraction of sp³-hybridized carbons (Fsp3) is 0. The van der Waals surface area contributed by atoms with Gasteiger partial charge in [0.25, 0.3) is 0 Å². The monoisotopic (exact) mass is 715 g/mol. The minimum atomic E-state index is 0.637. The molecule has 4 heteroatoms. The molecule has 0 atom stereocenters. The maximum Gasteiger partial charge on any atom is 0.235 e. The molecule has 3 aromatic heterocycles. The van der Waals surface area contributed by atoms with Crippen molar-refractivity contribution in [1.29, 1.82) is 0 Å². The van der Waals surface area contributed by atoms with E-state index in [9.17, 15) is 0 Å². The number of rotatable bonds is 6. The Bertz CT molecular complexity index is 3190. The zero-order valence-electron chi connectivity index (χ0n) is 30.3. The Kier molecular flexibility index (Phi) is 7.46. The standard InChI is InChI=1S/C52H33N3O/c1-3-16-34(17-4-1)46-33-47(35-18-5-2-6-19-35)54-52(53-46)55-48-28-13-11-24-41(48)45-32-36(30-31-49(45)55)37-20-7-8-21-38(37)39-22-9-10-23-40(39)43-26-15-27-44-42-25-12-14-29-50(42)56-51(43)44/h1-33H. The van der Waals surface area contributed by atoms with E-state index in [0.717, 1.165) is 99.6 Å². The molecule has 0 unspecified atom stereocenters. The average molecular weight is 716 g/mol. The van der Waals surface area contributed by atoms with E-state index >= 15 is 0 Å². The molecule has 0 bridgehead atoms. The maximum atomic E-state index is 6.52. The number of benzene rings is 8. The Labute approximate surface area is 323 Å². The van der Waals surface area contributed by atoms with Gasteiger partial charge in [-0.3, -0.25) is 4.57 Å². The molecule has 8 aromatic carbocycles. The third-order valence-electron chi connectivity index (χ3n) is 10.9. The Balaban J connectivity index is 1.09. The Morgan fingerprint density at radius 3 is 1.57 bits per heavy atom. The highest BCUT2D eigenvalue weighted by molar-refractivity contribution is 6.12. The van der Waals surface area contributed by atoms with Gasteiger partial charge in [0.05, 0.1) is 22.4 Å². The van der Waals surface area contributed by atoms with Crippen LogP contribution in [0.5, 0.6) is 0 Å². The molecular formula is C52H33N3O. The molecule has 3 heterocycles. The van der Waals surface area contributed by atoms with Gasteiger partial charge in [-0.2, -0.15) is 0 Å². The summed E-state index contributed by atoms with van der Waals surface area (Å²) in [5.41, 5.74) is 14.6. The summed E-state index contributed by atoms with van der Waals surface area (Å²) in [7, 11) is 0. The molecule has 0 aliphatic heterocycles. The number of furan rings is 1. The Morgan fingerprint density at radius 2 is 0.857 bits per heavy atom. The molecule has 0 aliphatic carbocycles. The summed E-state index contributed by atoms with van der Waals surface area (Å²) in [5, 5.41) is 4.54. The van der Waals surface area contributed by atoms with Gasteiger partial charge in [0.1, 0.15) is 11.2 Å². The van der Waals surface area contributed by atoms with Gasteiger partial charge in [0.2, 0.25) is 5.95 Å². The molecule has 0 fully saturated rings. The van der Waals surface area contributed by atoms with Crippen molar-refractivity contribution in [1.82, 2.24) is 14.5 Å². The maximum absolute atomic E-state index is 6.52. The van der Waals surface area contributed by atoms with Crippen LogP contribution in [0, 0.1) is 0 Å². The van der Waals surface area contributed by atoms with Gasteiger partial charge >= 0.3 is 0 Å². The van der Waals surface area contributed by atoms with Crippen molar-refractivity contribution in [2.24, 2.45) is 0 Å². The zero-order valence-corrected chi connectivity index (χ0v) is 30.3. The molecule has 0 saturated carbocycles. The summed E-state index contributed by atoms with van der Waals surface area (Å²) in [6.45, 7) is 0. The van der Waals surface area contributed by atoms with Crippen molar-refractivity contribution >= 4 is 43.7 Å². The van der Waals surface area contributed by atoms with Gasteiger partial charge in [0, 0.05) is 38.2 Å². The van der Waals surface area contributed by atoms with Crippen LogP contribution in [-0.2, 0) is 0 Å². The lowest BCUT2D eigenvalue weighted by Crippen LogP contribution is -2.04. The van der Waals surface area contributed by atoms with Gasteiger partial charge in [-0.1, -0.05) is 170 Å². The highest BCUT2D eigenvalue weighted by Gasteiger charge is 2.20. The summed E-state index contributed by atoms with van der Waals surface area (Å²) in [4.78, 5) is 10.4. The van der Waals surface area contributed by atoms with E-state index in [4.69, 9.17) is 14.4 Å². The van der Waals surface area contributed by atoms with Crippen LogP contribution < -0.4 is 0 Å². The molecule has 0 spiro atoms. The van der Waals surface area contributed by atoms with Gasteiger partial charge in [0.15, 0.2) is 0 Å². The summed E-state index contributed by atoms with van der Waals surface area (Å²) < 4.78 is 8.73. The first-order valence-corrected chi connectivity index (χ1v) is 18.9. The largest absolute Gasteiger partial charge is 0.455 e. The van der Waals surface area contributed by atoms with Crippen molar-refractivity contribution in [2.45, 2.75) is 0 Å². The lowest BCUT2D eigenvalue weighted by Gasteiger charge is -2.15. The first-order chi connectivity index (χ1) is 27.8. The lowest BCUT2D eigenvalue weighted by molar-refractivity contribution is 0.670. The van der Waals surface area contributed by atoms with E-state index in [1.165, 1.54) is 0 Å². The molecule has 262 valence electrons. The van der Waals surface area contributed by atoms with Crippen LogP contribution in [0.25, 0.3) is 106 Å². The smallest absolute Gasteiger partial charge is 0.235 e. The second-order valence-electron chi connectivity index (χ2n) is 14.1. The number of hydrogen-bond donors (Lipinski definition) is 0. The van der Waals surface area contributed by atoms with Gasteiger partial charge in [-0.05, 0) is 58.1 Å². The van der Waals surface area contributed by atoms with E-state index < -0.39 is 0 Å². The van der Waals surface area contributed by atoms with E-state index in [2.05, 4.69) is 180 Å². The number of para-hydroxylation sites is 3. The highest BCUT2D eigenvalue weighted by atomic mass is 16.3. The predicted octanol–water partition coefficient (Wildman–Crippen LogP) is 13.8. The molecule has 11 rings (SSSR count). The Morgan fingerprint density at radius 1 is 0.339 bits per heavy atom. The van der Waals surface area contributed by atoms with E-state index in [0.29, 0.717) is 5.95 Å². The van der Waals surface area contributed by atoms with Gasteiger partial charge < -0.3 is 4.42 Å². The van der Waals surface area contributed by atoms with Crippen LogP contribution in [0.15, 0.2) is 205 Å². The van der Waals surface area contributed by atoms with Crippen LogP contribution in [-0.4, -0.2) is 14.5 Å². The first-order valence-electron chi connectivity index (χ1n) is 18.9. The van der Waals surface area contributed by atoms with Gasteiger partial charge in [-0.15, -0.1) is 0 Å². The molecule has 56 heavy (non-hydrogen) atoms. The number of nitrogens with zero attached hydrogens (tertiary/aromatic N) is 3. The van der Waals surface area contributed by atoms with Crippen molar-refractivity contribution in [3.8, 4) is 61.8 Å². The molecular weight excluding hydrogens is 683 g/mol. The average Bonchev–Trinajstić information content (AvgIpc) is 3.83. The summed E-state index contributed by atoms with van der Waals surface area (Å²) in [6.07, 6.45) is 0. The van der Waals surface area contributed by atoms with E-state index in [1.54, 1.807) is 0 Å². The summed E-state index contributed by atoms with van der Waals surface area (Å²) in [6, 6.07) is 70.2. The lowest BCUT2D eigenvalue weighted by atomic mass is 9.88. The number of aromatic nitrogens is 3. The quantitative estimate of drug-likeness (QED) is 0.172. The summed E-state index contributed by atoms with van der Waals surface area (Å²) in [5.74, 6) is 0.637. The van der Waals surface area contributed by atoms with Gasteiger partial charge in [-0.25, -0.2) is 9.97 Å². The second kappa shape index (κ2) is 13.1. The third kappa shape index (κ3) is 5.23. The topological polar surface area (TPSA) is 43.9 Å². The highest BCUT2D eigenvalue weighted by Crippen LogP contribution is 2.43. The van der Waals surface area contributed by atoms with Crippen molar-refractivity contribution in [3.05, 3.63) is 200 Å². The van der Waals surface area contributed by atoms with Crippen LogP contribution in [0.1, 0.15) is 0 Å². The molecule has 0 amide bonds. The summed E-state index contributed by atoms with van der Waals surface area (Å²) >= 11 is 0.